The van der Waals surface area contributed by atoms with Crippen molar-refractivity contribution in [2.75, 3.05) is 0 Å². The largest absolute Gasteiger partial charge is 0.467 e. The van der Waals surface area contributed by atoms with Crippen molar-refractivity contribution in [2.24, 2.45) is 0 Å². The number of furan rings is 1. The van der Waals surface area contributed by atoms with Crippen molar-refractivity contribution in [3.05, 3.63) is 60.5 Å². The number of nitrogens with one attached hydrogen (secondary N) is 1. The van der Waals surface area contributed by atoms with Crippen LogP contribution in [0, 0.1) is 0 Å². The predicted octanol–water partition coefficient (Wildman–Crippen LogP) is 3.16. The Balaban J connectivity index is 1.60. The summed E-state index contributed by atoms with van der Waals surface area (Å²) in [6.07, 6.45) is 4.15. The zero-order valence-corrected chi connectivity index (χ0v) is 14.3. The molecule has 0 aliphatic heterocycles. The van der Waals surface area contributed by atoms with E-state index in [1.807, 2.05) is 48.0 Å². The molecule has 26 heavy (non-hydrogen) atoms. The second-order valence-corrected chi connectivity index (χ2v) is 5.90. The monoisotopic (exact) mass is 350 g/mol. The van der Waals surface area contributed by atoms with Gasteiger partial charge >= 0.3 is 0 Å². The Labute approximate surface area is 149 Å². The molecule has 7 heteroatoms. The van der Waals surface area contributed by atoms with Gasteiger partial charge in [0.1, 0.15) is 12.3 Å². The third-order valence-corrected chi connectivity index (χ3v) is 4.14. The second-order valence-electron chi connectivity index (χ2n) is 5.90. The summed E-state index contributed by atoms with van der Waals surface area (Å²) < 4.78 is 12.8. The molecule has 0 saturated heterocycles. The molecular formula is C19H18N4O3. The molecule has 132 valence electrons. The molecular weight excluding hydrogens is 332 g/mol. The normalized spacial score (nSPS) is 11.1. The molecule has 1 amide bonds. The highest BCUT2D eigenvalue weighted by molar-refractivity contribution is 5.94. The summed E-state index contributed by atoms with van der Waals surface area (Å²) in [5, 5.41) is 12.0. The van der Waals surface area contributed by atoms with E-state index in [1.54, 1.807) is 12.3 Å². The molecule has 1 aromatic carbocycles. The number of hydrogen-bond acceptors (Lipinski definition) is 5. The number of carbonyl (C=O) groups is 1. The van der Waals surface area contributed by atoms with E-state index in [4.69, 9.17) is 8.83 Å². The quantitative estimate of drug-likeness (QED) is 0.577. The number of amides is 1. The summed E-state index contributed by atoms with van der Waals surface area (Å²) in [6.45, 7) is 2.52. The number of hydrogen-bond donors (Lipinski definition) is 1. The molecule has 4 aromatic rings. The smallest absolute Gasteiger partial charge is 0.249 e. The SMILES string of the molecule is CCc1nnc(-c2cn(CC(=O)NCc3ccco3)c3ccccc23)o1. The summed E-state index contributed by atoms with van der Waals surface area (Å²) in [4.78, 5) is 12.3. The van der Waals surface area contributed by atoms with E-state index >= 15 is 0 Å². The first-order valence-electron chi connectivity index (χ1n) is 8.44. The van der Waals surface area contributed by atoms with Crippen LogP contribution in [0.4, 0.5) is 0 Å². The lowest BCUT2D eigenvalue weighted by atomic mass is 10.2. The lowest BCUT2D eigenvalue weighted by Crippen LogP contribution is -2.26. The third-order valence-electron chi connectivity index (χ3n) is 4.14. The van der Waals surface area contributed by atoms with E-state index in [1.165, 1.54) is 0 Å². The Morgan fingerprint density at radius 3 is 2.85 bits per heavy atom. The van der Waals surface area contributed by atoms with Crippen LogP contribution in [0.15, 0.2) is 57.7 Å². The maximum absolute atomic E-state index is 12.3. The van der Waals surface area contributed by atoms with Gasteiger partial charge in [-0.3, -0.25) is 4.79 Å². The van der Waals surface area contributed by atoms with Crippen molar-refractivity contribution in [3.63, 3.8) is 0 Å². The number of carbonyl (C=O) groups excluding carboxylic acids is 1. The van der Waals surface area contributed by atoms with Gasteiger partial charge in [-0.05, 0) is 18.2 Å². The minimum absolute atomic E-state index is 0.103. The summed E-state index contributed by atoms with van der Waals surface area (Å²) in [5.74, 6) is 1.67. The average molecular weight is 350 g/mol. The molecule has 0 radical (unpaired) electrons. The molecule has 0 atom stereocenters. The standard InChI is InChI=1S/C19H18N4O3/c1-2-18-21-22-19(26-18)15-11-23(16-8-4-3-7-14(15)16)12-17(24)20-10-13-6-5-9-25-13/h3-9,11H,2,10,12H2,1H3,(H,20,24). The molecule has 0 saturated carbocycles. The van der Waals surface area contributed by atoms with Gasteiger partial charge in [-0.25, -0.2) is 0 Å². The minimum Gasteiger partial charge on any atom is -0.467 e. The molecule has 7 nitrogen and oxygen atoms in total. The van der Waals surface area contributed by atoms with Gasteiger partial charge in [0.2, 0.25) is 17.7 Å². The lowest BCUT2D eigenvalue weighted by molar-refractivity contribution is -0.121. The van der Waals surface area contributed by atoms with E-state index in [-0.39, 0.29) is 12.5 Å². The van der Waals surface area contributed by atoms with E-state index < -0.39 is 0 Å². The van der Waals surface area contributed by atoms with E-state index in [2.05, 4.69) is 15.5 Å². The summed E-state index contributed by atoms with van der Waals surface area (Å²) >= 11 is 0. The molecule has 0 aliphatic rings. The minimum atomic E-state index is -0.103. The summed E-state index contributed by atoms with van der Waals surface area (Å²) in [7, 11) is 0. The van der Waals surface area contributed by atoms with Gasteiger partial charge in [-0.15, -0.1) is 10.2 Å². The Hall–Kier alpha value is -3.35. The highest BCUT2D eigenvalue weighted by Gasteiger charge is 2.16. The number of aryl methyl sites for hydroxylation is 1. The van der Waals surface area contributed by atoms with E-state index in [0.717, 1.165) is 16.5 Å². The van der Waals surface area contributed by atoms with Crippen LogP contribution in [0.3, 0.4) is 0 Å². The number of rotatable bonds is 6. The number of fused-ring (bicyclic) bond motifs is 1. The van der Waals surface area contributed by atoms with Gasteiger partial charge in [0.05, 0.1) is 18.4 Å². The first kappa shape index (κ1) is 16.1. The molecule has 0 bridgehead atoms. The van der Waals surface area contributed by atoms with Gasteiger partial charge < -0.3 is 18.7 Å². The fraction of sp³-hybridized carbons (Fsp3) is 0.211. The van der Waals surface area contributed by atoms with Crippen molar-refractivity contribution in [1.82, 2.24) is 20.1 Å². The topological polar surface area (TPSA) is 86.1 Å². The van der Waals surface area contributed by atoms with Crippen LogP contribution in [0.1, 0.15) is 18.6 Å². The Bertz CT molecular complexity index is 1030. The van der Waals surface area contributed by atoms with E-state index in [9.17, 15) is 4.79 Å². The maximum Gasteiger partial charge on any atom is 0.249 e. The Morgan fingerprint density at radius 2 is 2.08 bits per heavy atom. The third kappa shape index (κ3) is 3.11. The molecule has 0 aliphatic carbocycles. The van der Waals surface area contributed by atoms with Crippen molar-refractivity contribution in [3.8, 4) is 11.5 Å². The highest BCUT2D eigenvalue weighted by atomic mass is 16.4. The second kappa shape index (κ2) is 6.87. The van der Waals surface area contributed by atoms with E-state index in [0.29, 0.717) is 30.5 Å². The fourth-order valence-corrected chi connectivity index (χ4v) is 2.86. The number of aromatic nitrogens is 3. The van der Waals surface area contributed by atoms with Crippen molar-refractivity contribution < 1.29 is 13.6 Å². The zero-order valence-electron chi connectivity index (χ0n) is 14.3. The lowest BCUT2D eigenvalue weighted by Gasteiger charge is -2.06. The maximum atomic E-state index is 12.3. The average Bonchev–Trinajstić information content (AvgIpc) is 3.40. The fourth-order valence-electron chi connectivity index (χ4n) is 2.86. The predicted molar refractivity (Wildman–Crippen MR) is 95.2 cm³/mol. The van der Waals surface area contributed by atoms with Crippen LogP contribution in [-0.4, -0.2) is 20.7 Å². The zero-order chi connectivity index (χ0) is 17.9. The van der Waals surface area contributed by atoms with Crippen LogP contribution in [0.25, 0.3) is 22.4 Å². The molecule has 4 rings (SSSR count). The first-order chi connectivity index (χ1) is 12.7. The number of para-hydroxylation sites is 1. The Kier molecular flexibility index (Phi) is 4.27. The molecule has 3 heterocycles. The number of nitrogens with zero attached hydrogens (tertiary/aromatic N) is 3. The van der Waals surface area contributed by atoms with Gasteiger partial charge in [-0.1, -0.05) is 25.1 Å². The molecule has 3 aromatic heterocycles. The highest BCUT2D eigenvalue weighted by Crippen LogP contribution is 2.29. The van der Waals surface area contributed by atoms with Crippen molar-refractivity contribution in [2.45, 2.75) is 26.4 Å². The van der Waals surface area contributed by atoms with Crippen LogP contribution in [0.2, 0.25) is 0 Å². The van der Waals surface area contributed by atoms with Gasteiger partial charge in [0, 0.05) is 23.5 Å². The van der Waals surface area contributed by atoms with Gasteiger partial charge in [0.25, 0.3) is 0 Å². The first-order valence-corrected chi connectivity index (χ1v) is 8.44. The summed E-state index contributed by atoms with van der Waals surface area (Å²) in [6, 6.07) is 11.5. The summed E-state index contributed by atoms with van der Waals surface area (Å²) in [5.41, 5.74) is 1.76. The van der Waals surface area contributed by atoms with Crippen molar-refractivity contribution >= 4 is 16.8 Å². The van der Waals surface area contributed by atoms with Crippen LogP contribution >= 0.6 is 0 Å². The number of benzene rings is 1. The van der Waals surface area contributed by atoms with Crippen LogP contribution in [0.5, 0.6) is 0 Å². The van der Waals surface area contributed by atoms with Gasteiger partial charge in [-0.2, -0.15) is 0 Å². The molecule has 0 spiro atoms. The molecule has 0 fully saturated rings. The van der Waals surface area contributed by atoms with Gasteiger partial charge in [0.15, 0.2) is 0 Å². The van der Waals surface area contributed by atoms with Crippen LogP contribution in [-0.2, 0) is 24.3 Å². The van der Waals surface area contributed by atoms with Crippen molar-refractivity contribution in [1.29, 1.82) is 0 Å². The molecule has 1 N–H and O–H groups in total. The Morgan fingerprint density at radius 1 is 1.19 bits per heavy atom. The molecule has 0 unspecified atom stereocenters. The van der Waals surface area contributed by atoms with Crippen LogP contribution < -0.4 is 5.32 Å².